The quantitative estimate of drug-likeness (QED) is 0.849. The minimum absolute atomic E-state index is 0.184. The maximum atomic E-state index is 11.5. The standard InChI is InChI=1S/C12H19ClN4O/c1-2-6-17(7-9-4-3-5-14-9)11-10(13)12(18)16-8-15-11/h8-9,14H,2-7H2,1H3,(H,15,16,18). The second kappa shape index (κ2) is 6.20. The molecule has 100 valence electrons. The van der Waals surface area contributed by atoms with Gasteiger partial charge in [-0.25, -0.2) is 4.98 Å². The Balaban J connectivity index is 2.17. The molecule has 1 fully saturated rings. The molecule has 0 spiro atoms. The summed E-state index contributed by atoms with van der Waals surface area (Å²) >= 11 is 6.04. The second-order valence-corrected chi connectivity index (χ2v) is 4.99. The number of halogens is 1. The van der Waals surface area contributed by atoms with Crippen LogP contribution in [0.2, 0.25) is 5.02 Å². The fourth-order valence-corrected chi connectivity index (χ4v) is 2.55. The summed E-state index contributed by atoms with van der Waals surface area (Å²) in [5.74, 6) is 0.593. The molecule has 5 nitrogen and oxygen atoms in total. The molecule has 1 aliphatic heterocycles. The third-order valence-corrected chi connectivity index (χ3v) is 3.52. The van der Waals surface area contributed by atoms with Gasteiger partial charge in [-0.3, -0.25) is 4.79 Å². The third-order valence-electron chi connectivity index (χ3n) is 3.17. The fourth-order valence-electron chi connectivity index (χ4n) is 2.33. The van der Waals surface area contributed by atoms with Gasteiger partial charge in [-0.05, 0) is 25.8 Å². The van der Waals surface area contributed by atoms with Crippen molar-refractivity contribution in [1.29, 1.82) is 0 Å². The molecule has 1 aromatic heterocycles. The number of H-pyrrole nitrogens is 1. The van der Waals surface area contributed by atoms with E-state index in [1.54, 1.807) is 0 Å². The van der Waals surface area contributed by atoms with Crippen molar-refractivity contribution in [2.45, 2.75) is 32.2 Å². The first-order valence-electron chi connectivity index (χ1n) is 6.44. The molecule has 2 heterocycles. The van der Waals surface area contributed by atoms with Crippen LogP contribution in [0.25, 0.3) is 0 Å². The molecule has 1 aliphatic rings. The van der Waals surface area contributed by atoms with Gasteiger partial charge in [-0.1, -0.05) is 18.5 Å². The minimum atomic E-state index is -0.276. The summed E-state index contributed by atoms with van der Waals surface area (Å²) in [6.45, 7) is 4.88. The van der Waals surface area contributed by atoms with E-state index in [0.29, 0.717) is 11.9 Å². The van der Waals surface area contributed by atoms with E-state index >= 15 is 0 Å². The molecule has 1 atom stereocenters. The van der Waals surface area contributed by atoms with Crippen LogP contribution in [-0.2, 0) is 0 Å². The zero-order valence-electron chi connectivity index (χ0n) is 10.6. The zero-order chi connectivity index (χ0) is 13.0. The van der Waals surface area contributed by atoms with Gasteiger partial charge in [0.2, 0.25) is 0 Å². The van der Waals surface area contributed by atoms with Crippen molar-refractivity contribution in [3.8, 4) is 0 Å². The number of hydrogen-bond donors (Lipinski definition) is 2. The maximum absolute atomic E-state index is 11.5. The van der Waals surface area contributed by atoms with Gasteiger partial charge in [0, 0.05) is 19.1 Å². The monoisotopic (exact) mass is 270 g/mol. The summed E-state index contributed by atoms with van der Waals surface area (Å²) in [6, 6.07) is 0.466. The molecule has 1 aromatic rings. The molecule has 0 amide bonds. The molecule has 0 bridgehead atoms. The van der Waals surface area contributed by atoms with Crippen molar-refractivity contribution in [3.05, 3.63) is 21.7 Å². The molecular weight excluding hydrogens is 252 g/mol. The number of aromatic nitrogens is 2. The second-order valence-electron chi connectivity index (χ2n) is 4.61. The summed E-state index contributed by atoms with van der Waals surface area (Å²) in [6.07, 6.45) is 4.79. The smallest absolute Gasteiger partial charge is 0.271 e. The Morgan fingerprint density at radius 2 is 2.44 bits per heavy atom. The Morgan fingerprint density at radius 1 is 1.61 bits per heavy atom. The van der Waals surface area contributed by atoms with Gasteiger partial charge < -0.3 is 15.2 Å². The van der Waals surface area contributed by atoms with E-state index in [-0.39, 0.29) is 10.6 Å². The van der Waals surface area contributed by atoms with E-state index in [4.69, 9.17) is 11.6 Å². The number of aromatic amines is 1. The summed E-state index contributed by atoms with van der Waals surface area (Å²) in [4.78, 5) is 20.3. The first kappa shape index (κ1) is 13.4. The average Bonchev–Trinajstić information content (AvgIpc) is 2.85. The van der Waals surface area contributed by atoms with Crippen molar-refractivity contribution >= 4 is 17.4 Å². The van der Waals surface area contributed by atoms with Crippen LogP contribution < -0.4 is 15.8 Å². The summed E-state index contributed by atoms with van der Waals surface area (Å²) in [5.41, 5.74) is -0.276. The van der Waals surface area contributed by atoms with Crippen molar-refractivity contribution in [2.24, 2.45) is 0 Å². The molecule has 18 heavy (non-hydrogen) atoms. The highest BCUT2D eigenvalue weighted by Gasteiger charge is 2.20. The van der Waals surface area contributed by atoms with Gasteiger partial charge in [-0.15, -0.1) is 0 Å². The normalized spacial score (nSPS) is 19.1. The largest absolute Gasteiger partial charge is 0.354 e. The molecule has 6 heteroatoms. The van der Waals surface area contributed by atoms with Crippen molar-refractivity contribution in [1.82, 2.24) is 15.3 Å². The van der Waals surface area contributed by atoms with Gasteiger partial charge in [0.05, 0.1) is 6.33 Å². The predicted molar refractivity (Wildman–Crippen MR) is 73.4 cm³/mol. The van der Waals surface area contributed by atoms with Gasteiger partial charge in [0.15, 0.2) is 5.82 Å². The molecule has 0 aromatic carbocycles. The van der Waals surface area contributed by atoms with Crippen LogP contribution in [0, 0.1) is 0 Å². The molecule has 0 radical (unpaired) electrons. The number of nitrogens with zero attached hydrogens (tertiary/aromatic N) is 2. The van der Waals surface area contributed by atoms with E-state index in [1.807, 2.05) is 0 Å². The van der Waals surface area contributed by atoms with Gasteiger partial charge >= 0.3 is 0 Å². The van der Waals surface area contributed by atoms with Crippen LogP contribution in [0.4, 0.5) is 5.82 Å². The van der Waals surface area contributed by atoms with E-state index in [1.165, 1.54) is 19.2 Å². The highest BCUT2D eigenvalue weighted by atomic mass is 35.5. The number of rotatable bonds is 5. The summed E-state index contributed by atoms with van der Waals surface area (Å²) in [7, 11) is 0. The SMILES string of the molecule is CCCN(CC1CCCN1)c1nc[nH]c(=O)c1Cl. The van der Waals surface area contributed by atoms with Crippen molar-refractivity contribution < 1.29 is 0 Å². The summed E-state index contributed by atoms with van der Waals surface area (Å²) < 4.78 is 0. The van der Waals surface area contributed by atoms with E-state index in [2.05, 4.69) is 27.1 Å². The van der Waals surface area contributed by atoms with Crippen LogP contribution in [0.15, 0.2) is 11.1 Å². The molecule has 1 saturated heterocycles. The average molecular weight is 271 g/mol. The van der Waals surface area contributed by atoms with Crippen LogP contribution in [0.5, 0.6) is 0 Å². The Labute approximate surface area is 112 Å². The molecule has 0 saturated carbocycles. The van der Waals surface area contributed by atoms with Crippen molar-refractivity contribution in [3.63, 3.8) is 0 Å². The Morgan fingerprint density at radius 3 is 3.11 bits per heavy atom. The molecule has 2 N–H and O–H groups in total. The van der Waals surface area contributed by atoms with Crippen LogP contribution in [0.3, 0.4) is 0 Å². The number of anilines is 1. The predicted octanol–water partition coefficient (Wildman–Crippen LogP) is 1.39. The van der Waals surface area contributed by atoms with Crippen molar-refractivity contribution in [2.75, 3.05) is 24.5 Å². The first-order valence-corrected chi connectivity index (χ1v) is 6.81. The van der Waals surface area contributed by atoms with E-state index < -0.39 is 0 Å². The third kappa shape index (κ3) is 3.03. The van der Waals surface area contributed by atoms with Crippen LogP contribution >= 0.6 is 11.6 Å². The summed E-state index contributed by atoms with van der Waals surface area (Å²) in [5, 5.41) is 3.64. The Hall–Kier alpha value is -1.07. The highest BCUT2D eigenvalue weighted by molar-refractivity contribution is 6.32. The maximum Gasteiger partial charge on any atom is 0.271 e. The molecular formula is C12H19ClN4O. The molecule has 0 aliphatic carbocycles. The van der Waals surface area contributed by atoms with Gasteiger partial charge in [0.1, 0.15) is 5.02 Å². The zero-order valence-corrected chi connectivity index (χ0v) is 11.3. The van der Waals surface area contributed by atoms with Gasteiger partial charge in [-0.2, -0.15) is 0 Å². The molecule has 2 rings (SSSR count). The Bertz CT molecular complexity index is 442. The lowest BCUT2D eigenvalue weighted by Gasteiger charge is -2.26. The fraction of sp³-hybridized carbons (Fsp3) is 0.667. The Kier molecular flexibility index (Phi) is 4.60. The lowest BCUT2D eigenvalue weighted by atomic mass is 10.2. The van der Waals surface area contributed by atoms with E-state index in [9.17, 15) is 4.79 Å². The molecule has 1 unspecified atom stereocenters. The van der Waals surface area contributed by atoms with E-state index in [0.717, 1.165) is 26.1 Å². The minimum Gasteiger partial charge on any atom is -0.354 e. The lowest BCUT2D eigenvalue weighted by Crippen LogP contribution is -2.39. The van der Waals surface area contributed by atoms with Crippen LogP contribution in [-0.4, -0.2) is 35.6 Å². The van der Waals surface area contributed by atoms with Crippen LogP contribution in [0.1, 0.15) is 26.2 Å². The number of hydrogen-bond acceptors (Lipinski definition) is 4. The van der Waals surface area contributed by atoms with Gasteiger partial charge in [0.25, 0.3) is 5.56 Å². The highest BCUT2D eigenvalue weighted by Crippen LogP contribution is 2.20. The lowest BCUT2D eigenvalue weighted by molar-refractivity contribution is 0.575. The first-order chi connectivity index (χ1) is 8.72. The topological polar surface area (TPSA) is 61.0 Å². The number of nitrogens with one attached hydrogen (secondary N) is 2.